The molecule has 0 radical (unpaired) electrons. The van der Waals surface area contributed by atoms with E-state index in [1.807, 2.05) is 6.92 Å². The van der Waals surface area contributed by atoms with Gasteiger partial charge in [-0.3, -0.25) is 14.6 Å². The predicted molar refractivity (Wildman–Crippen MR) is 109 cm³/mol. The normalized spacial score (nSPS) is 14.8. The zero-order valence-electron chi connectivity index (χ0n) is 21.7. The van der Waals surface area contributed by atoms with Crippen molar-refractivity contribution in [3.63, 3.8) is 0 Å². The zero-order chi connectivity index (χ0) is 31.6. The Kier molecular flexibility index (Phi) is 18.2. The Balaban J connectivity index is 0. The number of ether oxygens (including phenoxy) is 2. The molecule has 0 amide bonds. The minimum atomic E-state index is -7.78. The summed E-state index contributed by atoms with van der Waals surface area (Å²) in [6, 6.07) is 0. The molecule has 2 unspecified atom stereocenters. The van der Waals surface area contributed by atoms with Gasteiger partial charge in [-0.05, 0) is 19.3 Å². The van der Waals surface area contributed by atoms with Gasteiger partial charge in [-0.25, -0.2) is 8.78 Å². The van der Waals surface area contributed by atoms with Crippen LogP contribution in [0.3, 0.4) is 0 Å². The molecular formula is C20H25F12NaO7S. The summed E-state index contributed by atoms with van der Waals surface area (Å²) in [5.74, 6) is -42.1. The van der Waals surface area contributed by atoms with Crippen LogP contribution >= 0.6 is 12.0 Å². The van der Waals surface area contributed by atoms with E-state index in [4.69, 9.17) is 4.74 Å². The van der Waals surface area contributed by atoms with Crippen molar-refractivity contribution >= 4 is 24.0 Å². The second kappa shape index (κ2) is 17.6. The first kappa shape index (κ1) is 42.5. The zero-order valence-corrected chi connectivity index (χ0v) is 24.5. The van der Waals surface area contributed by atoms with E-state index in [-0.39, 0.29) is 48.0 Å². The fourth-order valence-electron chi connectivity index (χ4n) is 2.86. The summed E-state index contributed by atoms with van der Waals surface area (Å²) < 4.78 is 172. The van der Waals surface area contributed by atoms with Gasteiger partial charge in [-0.15, -0.1) is 0 Å². The summed E-state index contributed by atoms with van der Waals surface area (Å²) in [4.78, 5) is 24.3. The number of esters is 2. The van der Waals surface area contributed by atoms with Crippen LogP contribution in [0.1, 0.15) is 52.4 Å². The van der Waals surface area contributed by atoms with Gasteiger partial charge in [0.05, 0.1) is 12.3 Å². The number of carbonyl (C=O) groups is 2. The molecule has 21 heteroatoms. The summed E-state index contributed by atoms with van der Waals surface area (Å²) in [6.07, 6.45) is -4.81. The van der Waals surface area contributed by atoms with E-state index in [1.54, 1.807) is 6.92 Å². The quantitative estimate of drug-likeness (QED) is 0.0375. The first-order chi connectivity index (χ1) is 18.2. The van der Waals surface area contributed by atoms with Crippen molar-refractivity contribution < 1.29 is 116 Å². The fraction of sp³-hybridized carbons (Fsp3) is 0.900. The topological polar surface area (TPSA) is 94.1 Å². The summed E-state index contributed by atoms with van der Waals surface area (Å²) in [5, 5.41) is 12.9. The molecule has 0 bridgehead atoms. The van der Waals surface area contributed by atoms with Crippen LogP contribution in [0.15, 0.2) is 0 Å². The maximum atomic E-state index is 13.8. The second-order valence-corrected chi connectivity index (χ2v) is 9.00. The van der Waals surface area contributed by atoms with Gasteiger partial charge in [0.2, 0.25) is 0 Å². The molecule has 0 spiro atoms. The SMILES string of the molecule is CCCCCC(CC)OC(=O)C(CSOO[O-])CC(=O)OCC(F)(F)C(F)(F)C(F)(F)C(F)(F)C(F)(F)C(F)F.[Na+]. The Hall–Kier alpha value is -0.670. The standard InChI is InChI=1S/C20H26F12O7S.Na/c1-3-5-6-7-12(4-2)37-14(34)11(9-40-39-38-35)8-13(33)36-10-16(23,24)18(27,28)20(31,32)19(29,30)17(25,26)15(21)22;/h11-12,15,35H,3-10H2,1-2H3;/q;+1/p-1. The Morgan fingerprint density at radius 2 is 1.44 bits per heavy atom. The van der Waals surface area contributed by atoms with Gasteiger partial charge in [-0.1, -0.05) is 26.7 Å². The third-order valence-corrected chi connectivity index (χ3v) is 6.00. The Labute approximate surface area is 252 Å². The number of unbranched alkanes of at least 4 members (excludes halogenated alkanes) is 2. The number of alkyl halides is 12. The van der Waals surface area contributed by atoms with Crippen molar-refractivity contribution in [2.24, 2.45) is 5.92 Å². The van der Waals surface area contributed by atoms with Gasteiger partial charge in [0, 0.05) is 17.8 Å². The van der Waals surface area contributed by atoms with E-state index >= 15 is 0 Å². The molecule has 7 nitrogen and oxygen atoms in total. The summed E-state index contributed by atoms with van der Waals surface area (Å²) in [5.41, 5.74) is 0. The Bertz CT molecular complexity index is 809. The van der Waals surface area contributed by atoms with Gasteiger partial charge in [0.15, 0.2) is 6.61 Å². The van der Waals surface area contributed by atoms with Crippen LogP contribution in [0, 0.1) is 5.92 Å². The molecule has 2 atom stereocenters. The molecule has 0 heterocycles. The van der Waals surface area contributed by atoms with Crippen LogP contribution < -0.4 is 34.8 Å². The monoisotopic (exact) mass is 660 g/mol. The minimum Gasteiger partial charge on any atom is -0.691 e. The van der Waals surface area contributed by atoms with Crippen LogP contribution in [0.25, 0.3) is 0 Å². The number of halogens is 12. The van der Waals surface area contributed by atoms with Crippen LogP contribution in [0.4, 0.5) is 52.7 Å². The van der Waals surface area contributed by atoms with E-state index in [1.165, 1.54) is 0 Å². The number of hydrogen-bond donors (Lipinski definition) is 0. The fourth-order valence-corrected chi connectivity index (χ4v) is 3.38. The van der Waals surface area contributed by atoms with Crippen molar-refractivity contribution in [3.05, 3.63) is 0 Å². The van der Waals surface area contributed by atoms with Gasteiger partial charge < -0.3 is 14.7 Å². The van der Waals surface area contributed by atoms with Gasteiger partial charge >= 0.3 is 77.5 Å². The largest absolute Gasteiger partial charge is 1.00 e. The smallest absolute Gasteiger partial charge is 0.691 e. The molecule has 0 aromatic rings. The van der Waals surface area contributed by atoms with Crippen LogP contribution in [0.2, 0.25) is 0 Å². The molecule has 0 aliphatic rings. The molecule has 0 rings (SSSR count). The Morgan fingerprint density at radius 1 is 0.878 bits per heavy atom. The molecule has 41 heavy (non-hydrogen) atoms. The number of carbonyl (C=O) groups excluding carboxylic acids is 2. The van der Waals surface area contributed by atoms with Crippen molar-refractivity contribution in [1.29, 1.82) is 0 Å². The van der Waals surface area contributed by atoms with E-state index in [0.717, 1.165) is 12.8 Å². The molecule has 0 aliphatic heterocycles. The average molecular weight is 660 g/mol. The Morgan fingerprint density at radius 3 is 1.90 bits per heavy atom. The maximum Gasteiger partial charge on any atom is 1.00 e. The predicted octanol–water partition coefficient (Wildman–Crippen LogP) is 2.76. The van der Waals surface area contributed by atoms with Crippen LogP contribution in [-0.4, -0.2) is 66.4 Å². The molecule has 0 N–H and O–H groups in total. The van der Waals surface area contributed by atoms with E-state index < -0.39 is 78.8 Å². The molecule has 0 fully saturated rings. The molecule has 0 aromatic carbocycles. The van der Waals surface area contributed by atoms with Crippen molar-refractivity contribution in [3.8, 4) is 0 Å². The van der Waals surface area contributed by atoms with Crippen LogP contribution in [-0.2, 0) is 28.4 Å². The third kappa shape index (κ3) is 10.8. The first-order valence-electron chi connectivity index (χ1n) is 11.3. The van der Waals surface area contributed by atoms with Crippen molar-refractivity contribution in [1.82, 2.24) is 0 Å². The van der Waals surface area contributed by atoms with Gasteiger partial charge in [0.1, 0.15) is 6.10 Å². The summed E-state index contributed by atoms with van der Waals surface area (Å²) in [7, 11) is 0. The third-order valence-electron chi connectivity index (χ3n) is 5.31. The minimum absolute atomic E-state index is 0. The van der Waals surface area contributed by atoms with Crippen molar-refractivity contribution in [2.45, 2.75) is 94.5 Å². The van der Waals surface area contributed by atoms with Gasteiger partial charge in [-0.2, -0.15) is 48.2 Å². The molecule has 238 valence electrons. The van der Waals surface area contributed by atoms with Crippen molar-refractivity contribution in [2.75, 3.05) is 12.4 Å². The molecule has 0 saturated heterocycles. The van der Waals surface area contributed by atoms with E-state index in [2.05, 4.69) is 14.1 Å². The molecular weight excluding hydrogens is 635 g/mol. The van der Waals surface area contributed by atoms with Crippen LogP contribution in [0.5, 0.6) is 0 Å². The van der Waals surface area contributed by atoms with E-state index in [0.29, 0.717) is 12.8 Å². The maximum absolute atomic E-state index is 13.8. The van der Waals surface area contributed by atoms with Gasteiger partial charge in [0.25, 0.3) is 0 Å². The summed E-state index contributed by atoms with van der Waals surface area (Å²) in [6.45, 7) is 0.387. The first-order valence-corrected chi connectivity index (χ1v) is 12.2. The summed E-state index contributed by atoms with van der Waals surface area (Å²) >= 11 is 0.100. The molecule has 0 aromatic heterocycles. The molecule has 0 saturated carbocycles. The molecule has 0 aliphatic carbocycles. The number of rotatable bonds is 20. The number of hydrogen-bond acceptors (Lipinski definition) is 8. The second-order valence-electron chi connectivity index (χ2n) is 8.30. The average Bonchev–Trinajstić information content (AvgIpc) is 2.85. The van der Waals surface area contributed by atoms with E-state index in [9.17, 15) is 67.5 Å².